The van der Waals surface area contributed by atoms with Crippen LogP contribution in [-0.2, 0) is 14.6 Å². The van der Waals surface area contributed by atoms with Gasteiger partial charge in [-0.15, -0.1) is 5.06 Å². The Hall–Kier alpha value is -2.54. The first kappa shape index (κ1) is 18.3. The van der Waals surface area contributed by atoms with E-state index >= 15 is 0 Å². The van der Waals surface area contributed by atoms with Gasteiger partial charge in [-0.1, -0.05) is 42.5 Å². The molecule has 0 aliphatic carbocycles. The summed E-state index contributed by atoms with van der Waals surface area (Å²) in [5.74, 6) is -0.955. The molecular formula is C20H21NO5. The van der Waals surface area contributed by atoms with Gasteiger partial charge in [0.2, 0.25) is 0 Å². The first-order chi connectivity index (χ1) is 12.4. The molecule has 6 nitrogen and oxygen atoms in total. The summed E-state index contributed by atoms with van der Waals surface area (Å²) in [5.41, 5.74) is 0.970. The Labute approximate surface area is 152 Å². The zero-order valence-electron chi connectivity index (χ0n) is 15.0. The van der Waals surface area contributed by atoms with Crippen LogP contribution in [0.25, 0.3) is 0 Å². The Morgan fingerprint density at radius 2 is 1.42 bits per heavy atom. The van der Waals surface area contributed by atoms with Crippen LogP contribution in [0.2, 0.25) is 0 Å². The highest BCUT2D eigenvalue weighted by atomic mass is 17.2. The summed E-state index contributed by atoms with van der Waals surface area (Å²) in [6.45, 7) is 5.53. The van der Waals surface area contributed by atoms with E-state index in [1.54, 1.807) is 24.3 Å². The molecule has 1 unspecified atom stereocenters. The van der Waals surface area contributed by atoms with Crippen molar-refractivity contribution in [2.24, 2.45) is 0 Å². The van der Waals surface area contributed by atoms with Gasteiger partial charge in [0.05, 0.1) is 16.7 Å². The fraction of sp³-hybridized carbons (Fsp3) is 0.300. The zero-order chi connectivity index (χ0) is 18.7. The van der Waals surface area contributed by atoms with Crippen molar-refractivity contribution in [1.82, 2.24) is 5.06 Å². The molecule has 2 amide bonds. The number of imide groups is 1. The Kier molecular flexibility index (Phi) is 5.18. The Morgan fingerprint density at radius 1 is 0.885 bits per heavy atom. The van der Waals surface area contributed by atoms with Crippen molar-refractivity contribution >= 4 is 11.8 Å². The van der Waals surface area contributed by atoms with Gasteiger partial charge in [0.15, 0.2) is 0 Å². The van der Waals surface area contributed by atoms with Crippen LogP contribution in [0, 0.1) is 0 Å². The van der Waals surface area contributed by atoms with Crippen LogP contribution in [0.15, 0.2) is 54.6 Å². The van der Waals surface area contributed by atoms with Gasteiger partial charge in [-0.3, -0.25) is 14.4 Å². The third kappa shape index (κ3) is 3.99. The standard InChI is InChI=1S/C20H21NO5/c1-20(2,3)26-25-17(14-9-5-4-6-10-14)13-24-21-18(22)15-11-7-8-12-16(15)19(21)23/h4-12,17H,13H2,1-3H3. The molecule has 0 radical (unpaired) electrons. The average Bonchev–Trinajstić information content (AvgIpc) is 2.86. The van der Waals surface area contributed by atoms with E-state index in [2.05, 4.69) is 0 Å². The molecule has 0 saturated carbocycles. The fourth-order valence-corrected chi connectivity index (χ4v) is 2.48. The first-order valence-electron chi connectivity index (χ1n) is 8.37. The minimum atomic E-state index is -0.597. The van der Waals surface area contributed by atoms with Crippen molar-refractivity contribution in [3.8, 4) is 0 Å². The van der Waals surface area contributed by atoms with Crippen molar-refractivity contribution in [3.05, 3.63) is 71.3 Å². The lowest BCUT2D eigenvalue weighted by Gasteiger charge is -2.24. The van der Waals surface area contributed by atoms with E-state index in [9.17, 15) is 9.59 Å². The van der Waals surface area contributed by atoms with Crippen LogP contribution in [-0.4, -0.2) is 29.1 Å². The van der Waals surface area contributed by atoms with E-state index in [-0.39, 0.29) is 6.61 Å². The second-order valence-electron chi connectivity index (χ2n) is 6.94. The lowest BCUT2D eigenvalue weighted by atomic mass is 10.1. The zero-order valence-corrected chi connectivity index (χ0v) is 15.0. The summed E-state index contributed by atoms with van der Waals surface area (Å²) in [7, 11) is 0. The van der Waals surface area contributed by atoms with Gasteiger partial charge in [-0.05, 0) is 38.5 Å². The molecule has 1 atom stereocenters. The highest BCUT2D eigenvalue weighted by molar-refractivity contribution is 6.20. The van der Waals surface area contributed by atoms with Gasteiger partial charge in [0.1, 0.15) is 12.7 Å². The van der Waals surface area contributed by atoms with Crippen LogP contribution >= 0.6 is 0 Å². The number of fused-ring (bicyclic) bond motifs is 1. The summed E-state index contributed by atoms with van der Waals surface area (Å²) in [5, 5.41) is 0.779. The molecule has 0 fully saturated rings. The molecule has 2 aromatic carbocycles. The van der Waals surface area contributed by atoms with Gasteiger partial charge >= 0.3 is 0 Å². The summed E-state index contributed by atoms with van der Waals surface area (Å²) < 4.78 is 0. The maximum atomic E-state index is 12.4. The van der Waals surface area contributed by atoms with Crippen molar-refractivity contribution in [3.63, 3.8) is 0 Å². The quantitative estimate of drug-likeness (QED) is 0.449. The number of benzene rings is 2. The predicted octanol–water partition coefficient (Wildman–Crippen LogP) is 3.70. The number of rotatable bonds is 6. The van der Waals surface area contributed by atoms with Crippen LogP contribution in [0.5, 0.6) is 0 Å². The van der Waals surface area contributed by atoms with Crippen molar-refractivity contribution < 1.29 is 24.2 Å². The second-order valence-corrected chi connectivity index (χ2v) is 6.94. The van der Waals surface area contributed by atoms with Gasteiger partial charge in [0, 0.05) is 0 Å². The van der Waals surface area contributed by atoms with Crippen LogP contribution < -0.4 is 0 Å². The van der Waals surface area contributed by atoms with Crippen molar-refractivity contribution in [1.29, 1.82) is 0 Å². The summed E-state index contributed by atoms with van der Waals surface area (Å²) in [6.07, 6.45) is -0.597. The van der Waals surface area contributed by atoms with Crippen molar-refractivity contribution in [2.75, 3.05) is 6.61 Å². The molecule has 136 valence electrons. The number of hydroxylamine groups is 2. The number of hydrogen-bond acceptors (Lipinski definition) is 5. The number of carbonyl (C=O) groups is 2. The normalized spacial score (nSPS) is 15.3. The maximum Gasteiger partial charge on any atom is 0.285 e. The van der Waals surface area contributed by atoms with E-state index in [0.29, 0.717) is 11.1 Å². The number of nitrogens with zero attached hydrogens (tertiary/aromatic N) is 1. The van der Waals surface area contributed by atoms with E-state index in [1.165, 1.54) is 0 Å². The maximum absolute atomic E-state index is 12.4. The Balaban J connectivity index is 1.72. The second kappa shape index (κ2) is 7.37. The Morgan fingerprint density at radius 3 is 1.96 bits per heavy atom. The number of amides is 2. The van der Waals surface area contributed by atoms with Gasteiger partial charge in [-0.25, -0.2) is 9.78 Å². The first-order valence-corrected chi connectivity index (χ1v) is 8.37. The molecule has 1 aliphatic heterocycles. The minimum Gasteiger partial charge on any atom is -0.266 e. The molecule has 2 aromatic rings. The molecule has 0 bridgehead atoms. The average molecular weight is 355 g/mol. The molecule has 0 saturated heterocycles. The van der Waals surface area contributed by atoms with Crippen molar-refractivity contribution in [2.45, 2.75) is 32.5 Å². The van der Waals surface area contributed by atoms with Gasteiger partial charge in [0.25, 0.3) is 11.8 Å². The minimum absolute atomic E-state index is 0.0500. The molecule has 1 aliphatic rings. The lowest BCUT2D eigenvalue weighted by Crippen LogP contribution is -2.32. The Bertz CT molecular complexity index is 762. The van der Waals surface area contributed by atoms with E-state index in [1.807, 2.05) is 51.1 Å². The third-order valence-electron chi connectivity index (χ3n) is 3.70. The molecule has 0 aromatic heterocycles. The number of carbonyl (C=O) groups excluding carboxylic acids is 2. The van der Waals surface area contributed by atoms with Crippen LogP contribution in [0.1, 0.15) is 53.2 Å². The van der Waals surface area contributed by atoms with Gasteiger partial charge < -0.3 is 0 Å². The molecule has 6 heteroatoms. The molecule has 0 spiro atoms. The molecule has 1 heterocycles. The third-order valence-corrected chi connectivity index (χ3v) is 3.70. The number of hydrogen-bond donors (Lipinski definition) is 0. The van der Waals surface area contributed by atoms with E-state index < -0.39 is 23.5 Å². The highest BCUT2D eigenvalue weighted by Gasteiger charge is 2.37. The monoisotopic (exact) mass is 355 g/mol. The molecular weight excluding hydrogens is 334 g/mol. The molecule has 26 heavy (non-hydrogen) atoms. The summed E-state index contributed by atoms with van der Waals surface area (Å²) >= 11 is 0. The smallest absolute Gasteiger partial charge is 0.266 e. The van der Waals surface area contributed by atoms with Crippen LogP contribution in [0.4, 0.5) is 0 Å². The molecule has 3 rings (SSSR count). The summed E-state index contributed by atoms with van der Waals surface area (Å²) in [4.78, 5) is 41.2. The largest absolute Gasteiger partial charge is 0.285 e. The van der Waals surface area contributed by atoms with E-state index in [0.717, 1.165) is 10.6 Å². The topological polar surface area (TPSA) is 65.1 Å². The van der Waals surface area contributed by atoms with E-state index in [4.69, 9.17) is 14.6 Å². The summed E-state index contributed by atoms with van der Waals surface area (Å²) in [6, 6.07) is 16.0. The lowest BCUT2D eigenvalue weighted by molar-refractivity contribution is -0.383. The highest BCUT2D eigenvalue weighted by Crippen LogP contribution is 2.26. The molecule has 0 N–H and O–H groups in total. The predicted molar refractivity (Wildman–Crippen MR) is 94.0 cm³/mol. The fourth-order valence-electron chi connectivity index (χ4n) is 2.48. The SMILES string of the molecule is CC(C)(C)OOC(CON1C(=O)c2ccccc2C1=O)c1ccccc1. The van der Waals surface area contributed by atoms with Crippen LogP contribution in [0.3, 0.4) is 0 Å². The van der Waals surface area contributed by atoms with Gasteiger partial charge in [-0.2, -0.15) is 0 Å².